The fourth-order valence-corrected chi connectivity index (χ4v) is 1.93. The number of nitrogens with zero attached hydrogens (tertiary/aromatic N) is 2. The smallest absolute Gasteiger partial charge is 0.201 e. The molecule has 4 nitrogen and oxygen atoms in total. The van der Waals surface area contributed by atoms with E-state index in [0.717, 1.165) is 22.5 Å². The second-order valence-electron chi connectivity index (χ2n) is 3.96. The molecule has 0 saturated carbocycles. The van der Waals surface area contributed by atoms with E-state index < -0.39 is 0 Å². The van der Waals surface area contributed by atoms with Crippen molar-refractivity contribution in [2.45, 2.75) is 6.54 Å². The first-order chi connectivity index (χ1) is 8.81. The third kappa shape index (κ3) is 2.28. The van der Waals surface area contributed by atoms with Crippen LogP contribution in [0.4, 0.5) is 5.95 Å². The van der Waals surface area contributed by atoms with Crippen molar-refractivity contribution in [2.75, 3.05) is 5.32 Å². The summed E-state index contributed by atoms with van der Waals surface area (Å²) in [6, 6.07) is 9.51. The zero-order valence-electron chi connectivity index (χ0n) is 9.52. The maximum absolute atomic E-state index is 5.92. The van der Waals surface area contributed by atoms with E-state index in [-0.39, 0.29) is 0 Å². The Morgan fingerprint density at radius 3 is 3.06 bits per heavy atom. The summed E-state index contributed by atoms with van der Waals surface area (Å²) in [5.74, 6) is 0.733. The van der Waals surface area contributed by atoms with Gasteiger partial charge in [-0.2, -0.15) is 0 Å². The second-order valence-corrected chi connectivity index (χ2v) is 4.40. The molecule has 0 atom stereocenters. The van der Waals surface area contributed by atoms with Gasteiger partial charge in [0.15, 0.2) is 0 Å². The molecule has 0 unspecified atom stereocenters. The van der Waals surface area contributed by atoms with Crippen molar-refractivity contribution in [1.29, 1.82) is 0 Å². The maximum Gasteiger partial charge on any atom is 0.201 e. The Hall–Kier alpha value is -2.07. The summed E-state index contributed by atoms with van der Waals surface area (Å²) in [5.41, 5.74) is 2.93. The Bertz CT molecular complexity index is 663. The van der Waals surface area contributed by atoms with E-state index >= 15 is 0 Å². The lowest BCUT2D eigenvalue weighted by Crippen LogP contribution is -2.00. The third-order valence-corrected chi connectivity index (χ3v) is 2.86. The van der Waals surface area contributed by atoms with Crippen molar-refractivity contribution >= 4 is 28.6 Å². The molecule has 3 rings (SSSR count). The first kappa shape index (κ1) is 11.0. The van der Waals surface area contributed by atoms with E-state index in [4.69, 9.17) is 11.6 Å². The van der Waals surface area contributed by atoms with Gasteiger partial charge in [-0.1, -0.05) is 17.7 Å². The summed E-state index contributed by atoms with van der Waals surface area (Å²) in [7, 11) is 0. The first-order valence-corrected chi connectivity index (χ1v) is 5.97. The van der Waals surface area contributed by atoms with Crippen LogP contribution in [-0.2, 0) is 6.54 Å². The van der Waals surface area contributed by atoms with Gasteiger partial charge in [0.2, 0.25) is 5.95 Å². The average molecular weight is 259 g/mol. The molecule has 2 N–H and O–H groups in total. The van der Waals surface area contributed by atoms with E-state index in [1.165, 1.54) is 0 Å². The minimum absolute atomic E-state index is 0.682. The van der Waals surface area contributed by atoms with Gasteiger partial charge < -0.3 is 10.3 Å². The van der Waals surface area contributed by atoms with Gasteiger partial charge in [-0.25, -0.2) is 4.98 Å². The molecule has 1 aromatic carbocycles. The zero-order chi connectivity index (χ0) is 12.4. The number of rotatable bonds is 3. The number of imidazole rings is 1. The Morgan fingerprint density at radius 2 is 2.22 bits per heavy atom. The fourth-order valence-electron chi connectivity index (χ4n) is 1.75. The molecule has 0 saturated heterocycles. The number of nitrogens with one attached hydrogen (secondary N) is 2. The molecule has 5 heteroatoms. The van der Waals surface area contributed by atoms with Gasteiger partial charge in [-0.3, -0.25) is 4.98 Å². The summed E-state index contributed by atoms with van der Waals surface area (Å²) in [5, 5.41) is 3.92. The van der Waals surface area contributed by atoms with E-state index in [1.54, 1.807) is 6.20 Å². The molecule has 0 fully saturated rings. The highest BCUT2D eigenvalue weighted by Gasteiger charge is 2.02. The molecule has 2 aromatic heterocycles. The van der Waals surface area contributed by atoms with Crippen LogP contribution in [0, 0.1) is 0 Å². The van der Waals surface area contributed by atoms with Gasteiger partial charge in [0, 0.05) is 24.0 Å². The maximum atomic E-state index is 5.92. The van der Waals surface area contributed by atoms with E-state index in [0.29, 0.717) is 11.6 Å². The van der Waals surface area contributed by atoms with E-state index in [1.807, 2.05) is 36.5 Å². The molecule has 0 aliphatic heterocycles. The first-order valence-electron chi connectivity index (χ1n) is 5.59. The number of H-pyrrole nitrogens is 1. The van der Waals surface area contributed by atoms with Gasteiger partial charge in [0.25, 0.3) is 0 Å². The number of halogens is 1. The van der Waals surface area contributed by atoms with Crippen LogP contribution in [-0.4, -0.2) is 15.0 Å². The summed E-state index contributed by atoms with van der Waals surface area (Å²) in [6.07, 6.45) is 3.58. The van der Waals surface area contributed by atoms with Crippen LogP contribution in [0.25, 0.3) is 11.0 Å². The molecule has 18 heavy (non-hydrogen) atoms. The summed E-state index contributed by atoms with van der Waals surface area (Å²) < 4.78 is 0. The number of fused-ring (bicyclic) bond motifs is 1. The zero-order valence-corrected chi connectivity index (χ0v) is 10.3. The molecule has 0 aliphatic rings. The van der Waals surface area contributed by atoms with Crippen LogP contribution in [0.15, 0.2) is 42.7 Å². The molecule has 0 aliphatic carbocycles. The summed E-state index contributed by atoms with van der Waals surface area (Å²) >= 11 is 5.92. The van der Waals surface area contributed by atoms with Crippen LogP contribution in [0.3, 0.4) is 0 Å². The van der Waals surface area contributed by atoms with Gasteiger partial charge >= 0.3 is 0 Å². The fraction of sp³-hybridized carbons (Fsp3) is 0.0769. The minimum atomic E-state index is 0.682. The highest BCUT2D eigenvalue weighted by molar-refractivity contribution is 6.31. The topological polar surface area (TPSA) is 53.6 Å². The van der Waals surface area contributed by atoms with Crippen LogP contribution in [0.5, 0.6) is 0 Å². The predicted octanol–water partition coefficient (Wildman–Crippen LogP) is 3.22. The molecule has 90 valence electrons. The van der Waals surface area contributed by atoms with E-state index in [2.05, 4.69) is 20.3 Å². The number of aromatic amines is 1. The van der Waals surface area contributed by atoms with Crippen molar-refractivity contribution in [3.05, 3.63) is 53.3 Å². The molecule has 0 amide bonds. The lowest BCUT2D eigenvalue weighted by atomic mass is 10.3. The lowest BCUT2D eigenvalue weighted by molar-refractivity contribution is 1.08. The average Bonchev–Trinajstić information content (AvgIpc) is 2.79. The van der Waals surface area contributed by atoms with Crippen molar-refractivity contribution in [3.63, 3.8) is 0 Å². The highest BCUT2D eigenvalue weighted by Crippen LogP contribution is 2.19. The Labute approximate surface area is 109 Å². The van der Waals surface area contributed by atoms with Gasteiger partial charge in [-0.05, 0) is 29.8 Å². The van der Waals surface area contributed by atoms with Gasteiger partial charge in [0.05, 0.1) is 11.0 Å². The van der Waals surface area contributed by atoms with Gasteiger partial charge in [-0.15, -0.1) is 0 Å². The minimum Gasteiger partial charge on any atom is -0.352 e. The Morgan fingerprint density at radius 1 is 1.28 bits per heavy atom. The van der Waals surface area contributed by atoms with Crippen LogP contribution < -0.4 is 5.32 Å². The largest absolute Gasteiger partial charge is 0.352 e. The lowest BCUT2D eigenvalue weighted by Gasteiger charge is -2.01. The van der Waals surface area contributed by atoms with Crippen molar-refractivity contribution < 1.29 is 0 Å². The Balaban J connectivity index is 1.79. The number of benzene rings is 1. The number of aromatic nitrogens is 3. The normalized spacial score (nSPS) is 10.7. The molecule has 3 aromatic rings. The highest BCUT2D eigenvalue weighted by atomic mass is 35.5. The standard InChI is InChI=1S/C13H11ClN4/c14-10-3-4-11-12(6-10)18-13(17-11)16-8-9-2-1-5-15-7-9/h1-7H,8H2,(H2,16,17,18). The quantitative estimate of drug-likeness (QED) is 0.758. The van der Waals surface area contributed by atoms with E-state index in [9.17, 15) is 0 Å². The van der Waals surface area contributed by atoms with Crippen LogP contribution in [0.1, 0.15) is 5.56 Å². The predicted molar refractivity (Wildman–Crippen MR) is 72.7 cm³/mol. The number of hydrogen-bond donors (Lipinski definition) is 2. The van der Waals surface area contributed by atoms with Crippen LogP contribution in [0.2, 0.25) is 5.02 Å². The Kier molecular flexibility index (Phi) is 2.86. The number of pyridine rings is 1. The monoisotopic (exact) mass is 258 g/mol. The molecule has 0 bridgehead atoms. The molecular formula is C13H11ClN4. The summed E-state index contributed by atoms with van der Waals surface area (Å²) in [4.78, 5) is 11.7. The molecule has 0 spiro atoms. The van der Waals surface area contributed by atoms with Crippen molar-refractivity contribution in [3.8, 4) is 0 Å². The van der Waals surface area contributed by atoms with Crippen LogP contribution >= 0.6 is 11.6 Å². The summed E-state index contributed by atoms with van der Waals surface area (Å²) in [6.45, 7) is 0.682. The number of anilines is 1. The number of hydrogen-bond acceptors (Lipinski definition) is 3. The third-order valence-electron chi connectivity index (χ3n) is 2.63. The molecular weight excluding hydrogens is 248 g/mol. The SMILES string of the molecule is Clc1ccc2nc(NCc3cccnc3)[nH]c2c1. The van der Waals surface area contributed by atoms with Crippen molar-refractivity contribution in [1.82, 2.24) is 15.0 Å². The molecule has 0 radical (unpaired) electrons. The van der Waals surface area contributed by atoms with Crippen molar-refractivity contribution in [2.24, 2.45) is 0 Å². The van der Waals surface area contributed by atoms with Gasteiger partial charge in [0.1, 0.15) is 0 Å². The second kappa shape index (κ2) is 4.66. The molecule has 2 heterocycles.